The molecule has 0 atom stereocenters. The molecule has 3 aromatic rings. The van der Waals surface area contributed by atoms with E-state index in [1.807, 2.05) is 56.3 Å². The van der Waals surface area contributed by atoms with Crippen LogP contribution in [0.3, 0.4) is 0 Å². The van der Waals surface area contributed by atoms with E-state index < -0.39 is 0 Å². The summed E-state index contributed by atoms with van der Waals surface area (Å²) in [6, 6.07) is 13.0. The van der Waals surface area contributed by atoms with Gasteiger partial charge >= 0.3 is 0 Å². The number of pyridine rings is 2. The predicted molar refractivity (Wildman–Crippen MR) is 119 cm³/mol. The number of nitrogens with zero attached hydrogens (tertiary/aromatic N) is 2. The monoisotopic (exact) mass is 399 g/mol. The summed E-state index contributed by atoms with van der Waals surface area (Å²) in [6.07, 6.45) is 7.80. The van der Waals surface area contributed by atoms with E-state index in [4.69, 9.17) is 5.73 Å². The fraction of sp³-hybridized carbons (Fsp3) is 0.200. The van der Waals surface area contributed by atoms with Crippen LogP contribution in [0.15, 0.2) is 60.9 Å². The Morgan fingerprint density at radius 2 is 1.80 bits per heavy atom. The fourth-order valence-electron chi connectivity index (χ4n) is 3.02. The van der Waals surface area contributed by atoms with E-state index in [1.54, 1.807) is 18.3 Å². The second-order valence-corrected chi connectivity index (χ2v) is 7.40. The number of nitrogen functional groups attached to an aromatic ring is 1. The zero-order chi connectivity index (χ0) is 21.5. The molecule has 2 heterocycles. The van der Waals surface area contributed by atoms with E-state index in [0.29, 0.717) is 23.4 Å². The average Bonchev–Trinajstić information content (AvgIpc) is 2.72. The lowest BCUT2D eigenvalue weighted by Gasteiger charge is -2.07. The summed E-state index contributed by atoms with van der Waals surface area (Å²) in [5.41, 5.74) is 11.6. The molecular weight excluding hydrogens is 374 g/mol. The van der Waals surface area contributed by atoms with Crippen LogP contribution < -0.4 is 5.73 Å². The number of anilines is 1. The van der Waals surface area contributed by atoms with Crippen LogP contribution in [0.1, 0.15) is 44.9 Å². The maximum absolute atomic E-state index is 12.5. The number of allylic oxidation sites excluding steroid dienone is 1. The summed E-state index contributed by atoms with van der Waals surface area (Å²) in [6.45, 7) is 3.89. The SMILES string of the molecule is Cc1ccc(CC(=O)c2ccc(CC(=O)C/C=C/c3ccc(C)nc3)nc2)c(N)c1. The average molecular weight is 399 g/mol. The third-order valence-corrected chi connectivity index (χ3v) is 4.77. The molecule has 0 fully saturated rings. The van der Waals surface area contributed by atoms with E-state index in [9.17, 15) is 9.59 Å². The number of carbonyl (C=O) groups excluding carboxylic acids is 2. The summed E-state index contributed by atoms with van der Waals surface area (Å²) in [4.78, 5) is 33.2. The lowest BCUT2D eigenvalue weighted by atomic mass is 10.0. The quantitative estimate of drug-likeness (QED) is 0.450. The Balaban J connectivity index is 1.53. The molecule has 0 aliphatic heterocycles. The van der Waals surface area contributed by atoms with Gasteiger partial charge in [0.15, 0.2) is 5.78 Å². The van der Waals surface area contributed by atoms with Crippen LogP contribution in [0.25, 0.3) is 6.08 Å². The number of hydrogen-bond acceptors (Lipinski definition) is 5. The van der Waals surface area contributed by atoms with Crippen LogP contribution >= 0.6 is 0 Å². The summed E-state index contributed by atoms with van der Waals surface area (Å²) in [7, 11) is 0. The van der Waals surface area contributed by atoms with Gasteiger partial charge in [-0.1, -0.05) is 30.4 Å². The van der Waals surface area contributed by atoms with Gasteiger partial charge in [0.1, 0.15) is 5.78 Å². The van der Waals surface area contributed by atoms with Crippen LogP contribution in [0.4, 0.5) is 5.69 Å². The van der Waals surface area contributed by atoms with E-state index in [1.165, 1.54) is 6.20 Å². The fourth-order valence-corrected chi connectivity index (χ4v) is 3.02. The molecule has 0 saturated carbocycles. The molecule has 0 radical (unpaired) electrons. The highest BCUT2D eigenvalue weighted by molar-refractivity contribution is 5.98. The number of benzene rings is 1. The van der Waals surface area contributed by atoms with Crippen LogP contribution in [-0.2, 0) is 17.6 Å². The van der Waals surface area contributed by atoms with E-state index >= 15 is 0 Å². The first kappa shape index (κ1) is 21.1. The van der Waals surface area contributed by atoms with Gasteiger partial charge in [-0.05, 0) is 54.8 Å². The first-order chi connectivity index (χ1) is 14.4. The summed E-state index contributed by atoms with van der Waals surface area (Å²) >= 11 is 0. The minimum absolute atomic E-state index is 0.0504. The van der Waals surface area contributed by atoms with Crippen molar-refractivity contribution < 1.29 is 9.59 Å². The number of aryl methyl sites for hydroxylation is 2. The normalized spacial score (nSPS) is 11.0. The van der Waals surface area contributed by atoms with Gasteiger partial charge in [0, 0.05) is 54.3 Å². The zero-order valence-corrected chi connectivity index (χ0v) is 17.3. The number of hydrogen-bond donors (Lipinski definition) is 1. The second kappa shape index (κ2) is 9.74. The Morgan fingerprint density at radius 1 is 0.967 bits per heavy atom. The van der Waals surface area contributed by atoms with Crippen molar-refractivity contribution in [3.8, 4) is 0 Å². The zero-order valence-electron chi connectivity index (χ0n) is 17.3. The molecule has 5 heteroatoms. The molecule has 0 amide bonds. The van der Waals surface area contributed by atoms with Gasteiger partial charge in [0.25, 0.3) is 0 Å². The summed E-state index contributed by atoms with van der Waals surface area (Å²) in [5, 5.41) is 0. The molecule has 0 unspecified atom stereocenters. The molecule has 0 aliphatic rings. The largest absolute Gasteiger partial charge is 0.398 e. The molecule has 2 N–H and O–H groups in total. The van der Waals surface area contributed by atoms with Crippen LogP contribution in [0, 0.1) is 13.8 Å². The lowest BCUT2D eigenvalue weighted by molar-refractivity contribution is -0.117. The molecule has 30 heavy (non-hydrogen) atoms. The smallest absolute Gasteiger partial charge is 0.168 e. The number of aromatic nitrogens is 2. The molecule has 2 aromatic heterocycles. The minimum atomic E-state index is -0.0504. The highest BCUT2D eigenvalue weighted by atomic mass is 16.1. The number of carbonyl (C=O) groups is 2. The van der Waals surface area contributed by atoms with Crippen LogP contribution in [0.5, 0.6) is 0 Å². The van der Waals surface area contributed by atoms with Gasteiger partial charge in [-0.3, -0.25) is 19.6 Å². The van der Waals surface area contributed by atoms with Gasteiger partial charge < -0.3 is 5.73 Å². The highest BCUT2D eigenvalue weighted by Gasteiger charge is 2.11. The van der Waals surface area contributed by atoms with Gasteiger partial charge in [0.2, 0.25) is 0 Å². The number of rotatable bonds is 8. The van der Waals surface area contributed by atoms with Crippen molar-refractivity contribution in [2.45, 2.75) is 33.1 Å². The van der Waals surface area contributed by atoms with Crippen molar-refractivity contribution >= 4 is 23.3 Å². The minimum Gasteiger partial charge on any atom is -0.398 e. The van der Waals surface area contributed by atoms with Gasteiger partial charge in [-0.15, -0.1) is 0 Å². The second-order valence-electron chi connectivity index (χ2n) is 7.40. The molecule has 0 spiro atoms. The Bertz CT molecular complexity index is 1070. The van der Waals surface area contributed by atoms with Crippen molar-refractivity contribution in [1.82, 2.24) is 9.97 Å². The van der Waals surface area contributed by atoms with Crippen LogP contribution in [-0.4, -0.2) is 21.5 Å². The predicted octanol–water partition coefficient (Wildman–Crippen LogP) is 4.32. The first-order valence-corrected chi connectivity index (χ1v) is 9.85. The molecule has 0 aliphatic carbocycles. The highest BCUT2D eigenvalue weighted by Crippen LogP contribution is 2.16. The van der Waals surface area contributed by atoms with E-state index in [-0.39, 0.29) is 24.4 Å². The topological polar surface area (TPSA) is 85.9 Å². The third kappa shape index (κ3) is 5.95. The van der Waals surface area contributed by atoms with Gasteiger partial charge in [-0.2, -0.15) is 0 Å². The molecule has 3 rings (SSSR count). The maximum Gasteiger partial charge on any atom is 0.168 e. The molecule has 0 bridgehead atoms. The molecule has 5 nitrogen and oxygen atoms in total. The van der Waals surface area contributed by atoms with Crippen molar-refractivity contribution in [1.29, 1.82) is 0 Å². The van der Waals surface area contributed by atoms with Gasteiger partial charge in [0.05, 0.1) is 0 Å². The Morgan fingerprint density at radius 3 is 2.47 bits per heavy atom. The number of ketones is 2. The Kier molecular flexibility index (Phi) is 6.86. The Hall–Kier alpha value is -3.60. The standard InChI is InChI=1S/C25H25N3O2/c1-17-6-9-20(24(26)12-17)13-25(30)21-10-11-22(28-16-21)14-23(29)5-3-4-19-8-7-18(2)27-15-19/h3-4,6-12,15-16H,5,13-14,26H2,1-2H3/b4-3+. The molecule has 1 aromatic carbocycles. The van der Waals surface area contributed by atoms with Crippen molar-refractivity contribution in [3.63, 3.8) is 0 Å². The van der Waals surface area contributed by atoms with Crippen molar-refractivity contribution in [2.24, 2.45) is 0 Å². The molecule has 0 saturated heterocycles. The first-order valence-electron chi connectivity index (χ1n) is 9.85. The molecule has 152 valence electrons. The third-order valence-electron chi connectivity index (χ3n) is 4.77. The number of Topliss-reactive ketones (excluding diaryl/α,β-unsaturated/α-hetero) is 2. The van der Waals surface area contributed by atoms with E-state index in [0.717, 1.165) is 22.4 Å². The van der Waals surface area contributed by atoms with E-state index in [2.05, 4.69) is 9.97 Å². The Labute approximate surface area is 176 Å². The maximum atomic E-state index is 12.5. The van der Waals surface area contributed by atoms with Crippen molar-refractivity contribution in [3.05, 3.63) is 94.6 Å². The summed E-state index contributed by atoms with van der Waals surface area (Å²) in [5.74, 6) is 0.0101. The number of nitrogens with two attached hydrogens (primary N) is 1. The lowest BCUT2D eigenvalue weighted by Crippen LogP contribution is -2.08. The van der Waals surface area contributed by atoms with Crippen molar-refractivity contribution in [2.75, 3.05) is 5.73 Å². The summed E-state index contributed by atoms with van der Waals surface area (Å²) < 4.78 is 0. The van der Waals surface area contributed by atoms with Crippen LogP contribution in [0.2, 0.25) is 0 Å². The molecular formula is C25H25N3O2. The van der Waals surface area contributed by atoms with Gasteiger partial charge in [-0.25, -0.2) is 0 Å².